The van der Waals surface area contributed by atoms with E-state index in [0.717, 1.165) is 12.1 Å². The molecule has 0 saturated heterocycles. The van der Waals surface area contributed by atoms with Gasteiger partial charge in [-0.05, 0) is 54.3 Å². The molecule has 16 heteroatoms. The topological polar surface area (TPSA) is 199 Å². The number of aryl methyl sites for hydroxylation is 1. The summed E-state index contributed by atoms with van der Waals surface area (Å²) in [7, 11) is -9.89. The number of nitrogens with zero attached hydrogens (tertiary/aromatic N) is 2. The summed E-state index contributed by atoms with van der Waals surface area (Å²) >= 11 is 0. The molecule has 0 aliphatic heterocycles. The molecule has 0 unspecified atom stereocenters. The van der Waals surface area contributed by atoms with Crippen LogP contribution >= 0.6 is 0 Å². The van der Waals surface area contributed by atoms with Crippen LogP contribution in [0.25, 0.3) is 10.8 Å². The van der Waals surface area contributed by atoms with Crippen LogP contribution in [0, 0.1) is 6.92 Å². The van der Waals surface area contributed by atoms with Crippen molar-refractivity contribution in [1.29, 1.82) is 0 Å². The summed E-state index contributed by atoms with van der Waals surface area (Å²) < 4.78 is 66.6. The third kappa shape index (κ3) is 7.80. The average Bonchev–Trinajstić information content (AvgIpc) is 2.65. The monoisotopic (exact) mass is 532 g/mol. The second kappa shape index (κ2) is 12.7. The van der Waals surface area contributed by atoms with Gasteiger partial charge in [0.05, 0.1) is 22.2 Å². The molecule has 0 saturated carbocycles. The van der Waals surface area contributed by atoms with E-state index >= 15 is 0 Å². The minimum Gasteiger partial charge on any atom is -0.872 e. The predicted molar refractivity (Wildman–Crippen MR) is 101 cm³/mol. The maximum Gasteiger partial charge on any atom is 1.00 e. The van der Waals surface area contributed by atoms with Crippen LogP contribution in [-0.4, -0.2) is 31.9 Å². The zero-order chi connectivity index (χ0) is 23.1. The Balaban J connectivity index is 0.00000363. The van der Waals surface area contributed by atoms with Crippen molar-refractivity contribution in [3.05, 3.63) is 53.6 Å². The SMILES string of the molecule is Cc1cc(N=Nc2ccc3c(S(=O)(=O)O)cc(S(=O)(=O)[O-])cc3c2)cc(C(=O)[O-])c1[O-].[Na+].[Na+].[Na+]. The van der Waals surface area contributed by atoms with Crippen molar-refractivity contribution < 1.29 is 130 Å². The number of aromatic carboxylic acids is 1. The van der Waals surface area contributed by atoms with E-state index in [1.54, 1.807) is 0 Å². The summed E-state index contributed by atoms with van der Waals surface area (Å²) in [6.45, 7) is 1.38. The maximum atomic E-state index is 11.8. The minimum absolute atomic E-state index is 0. The number of carbonyl (C=O) groups is 1. The number of hydrogen-bond acceptors (Lipinski definition) is 10. The number of carboxylic acid groups (broad SMARTS) is 1. The molecule has 0 spiro atoms. The van der Waals surface area contributed by atoms with Crippen LogP contribution in [0.2, 0.25) is 0 Å². The number of azo groups is 1. The number of fused-ring (bicyclic) bond motifs is 1. The second-order valence-electron chi connectivity index (χ2n) is 6.38. The smallest absolute Gasteiger partial charge is 0.872 e. The van der Waals surface area contributed by atoms with E-state index in [0.29, 0.717) is 6.07 Å². The van der Waals surface area contributed by atoms with Gasteiger partial charge in [-0.15, -0.1) is 0 Å². The van der Waals surface area contributed by atoms with E-state index in [2.05, 4.69) is 10.2 Å². The summed E-state index contributed by atoms with van der Waals surface area (Å²) in [6, 6.07) is 7.43. The van der Waals surface area contributed by atoms with E-state index in [1.807, 2.05) is 0 Å². The van der Waals surface area contributed by atoms with Crippen LogP contribution in [0.3, 0.4) is 0 Å². The molecule has 0 aromatic heterocycles. The molecule has 0 heterocycles. The second-order valence-corrected chi connectivity index (χ2v) is 9.15. The first-order valence-corrected chi connectivity index (χ1v) is 11.1. The van der Waals surface area contributed by atoms with Crippen molar-refractivity contribution in [1.82, 2.24) is 0 Å². The number of benzene rings is 3. The molecule has 0 radical (unpaired) electrons. The van der Waals surface area contributed by atoms with Crippen LogP contribution in [-0.2, 0) is 20.2 Å². The van der Waals surface area contributed by atoms with Crippen molar-refractivity contribution in [2.24, 2.45) is 10.2 Å². The molecule has 3 aromatic rings. The molecule has 0 aliphatic rings. The predicted octanol–water partition coefficient (Wildman–Crippen LogP) is -7.84. The van der Waals surface area contributed by atoms with Gasteiger partial charge in [0.1, 0.15) is 15.0 Å². The van der Waals surface area contributed by atoms with Gasteiger partial charge in [0.25, 0.3) is 10.1 Å². The third-order valence-electron chi connectivity index (χ3n) is 4.20. The molecule has 0 bridgehead atoms. The Hall–Kier alpha value is -0.390. The van der Waals surface area contributed by atoms with Crippen molar-refractivity contribution in [3.63, 3.8) is 0 Å². The Bertz CT molecular complexity index is 1490. The summed E-state index contributed by atoms with van der Waals surface area (Å²) in [5, 5.41) is 30.4. The van der Waals surface area contributed by atoms with Gasteiger partial charge in [-0.3, -0.25) is 4.55 Å². The Kier molecular flexibility index (Phi) is 12.6. The molecular weight excluding hydrogens is 521 g/mol. The molecule has 0 fully saturated rings. The quantitative estimate of drug-likeness (QED) is 0.188. The Morgan fingerprint density at radius 2 is 1.50 bits per heavy atom. The van der Waals surface area contributed by atoms with E-state index < -0.39 is 47.3 Å². The first-order valence-electron chi connectivity index (χ1n) is 8.23. The maximum absolute atomic E-state index is 11.8. The summed E-state index contributed by atoms with van der Waals surface area (Å²) in [6.07, 6.45) is 0. The first-order chi connectivity index (χ1) is 14.3. The number of carboxylic acids is 1. The van der Waals surface area contributed by atoms with E-state index in [-0.39, 0.29) is 116 Å². The van der Waals surface area contributed by atoms with Crippen molar-refractivity contribution in [2.45, 2.75) is 16.7 Å². The van der Waals surface area contributed by atoms with Crippen LogP contribution in [0.15, 0.2) is 62.5 Å². The van der Waals surface area contributed by atoms with Gasteiger partial charge in [-0.25, -0.2) is 8.42 Å². The molecule has 0 amide bonds. The zero-order valence-corrected chi connectivity index (χ0v) is 26.1. The zero-order valence-electron chi connectivity index (χ0n) is 18.5. The van der Waals surface area contributed by atoms with Crippen molar-refractivity contribution in [3.8, 4) is 5.75 Å². The molecule has 0 atom stereocenters. The number of carbonyl (C=O) groups excluding carboxylic acids is 1. The van der Waals surface area contributed by atoms with Gasteiger partial charge in [0.2, 0.25) is 0 Å². The molecule has 1 N–H and O–H groups in total. The van der Waals surface area contributed by atoms with Crippen molar-refractivity contribution >= 4 is 48.4 Å². The minimum atomic E-state index is -5.04. The van der Waals surface area contributed by atoms with Gasteiger partial charge in [-0.1, -0.05) is 17.4 Å². The van der Waals surface area contributed by atoms with Gasteiger partial charge < -0.3 is 19.6 Å². The standard InChI is InChI=1S/C18H14N2O9S2.3Na/c1-9-4-12(7-15(17(9)21)18(22)23)20-19-11-2-3-14-10(5-11)6-13(30(24,25)26)8-16(14)31(27,28)29;;;/h2-8,21H,1H3,(H,22,23)(H,24,25,26)(H,27,28,29);;;/q;3*+1/p-3. The first kappa shape index (κ1) is 33.6. The Labute approximate surface area is 261 Å². The van der Waals surface area contributed by atoms with Gasteiger partial charge in [-0.2, -0.15) is 18.6 Å². The van der Waals surface area contributed by atoms with E-state index in [9.17, 15) is 40.9 Å². The molecule has 0 aliphatic carbocycles. The summed E-state index contributed by atoms with van der Waals surface area (Å²) in [4.78, 5) is 9.40. The largest absolute Gasteiger partial charge is 1.00 e. The molecule has 34 heavy (non-hydrogen) atoms. The fraction of sp³-hybridized carbons (Fsp3) is 0.0556. The Morgan fingerprint density at radius 1 is 0.912 bits per heavy atom. The Morgan fingerprint density at radius 3 is 2.03 bits per heavy atom. The van der Waals surface area contributed by atoms with Crippen LogP contribution in [0.1, 0.15) is 15.9 Å². The fourth-order valence-corrected chi connectivity index (χ4v) is 4.14. The van der Waals surface area contributed by atoms with Crippen molar-refractivity contribution in [2.75, 3.05) is 0 Å². The van der Waals surface area contributed by atoms with Gasteiger partial charge >= 0.3 is 88.7 Å². The molecule has 3 aromatic carbocycles. The fourth-order valence-electron chi connectivity index (χ4n) is 2.80. The van der Waals surface area contributed by atoms with E-state index in [1.165, 1.54) is 31.2 Å². The average molecular weight is 532 g/mol. The van der Waals surface area contributed by atoms with Gasteiger partial charge in [0, 0.05) is 5.39 Å². The van der Waals surface area contributed by atoms with Crippen LogP contribution in [0.5, 0.6) is 5.75 Å². The summed E-state index contributed by atoms with van der Waals surface area (Å²) in [5.41, 5.74) is -0.410. The molecule has 162 valence electrons. The molecular formula is C18H11N2Na3O9S2. The van der Waals surface area contributed by atoms with Gasteiger partial charge in [0.15, 0.2) is 0 Å². The molecule has 11 nitrogen and oxygen atoms in total. The van der Waals surface area contributed by atoms with E-state index in [4.69, 9.17) is 0 Å². The number of rotatable bonds is 5. The third-order valence-corrected chi connectivity index (χ3v) is 5.91. The van der Waals surface area contributed by atoms with Crippen LogP contribution in [0.4, 0.5) is 11.4 Å². The molecule has 3 rings (SSSR count). The normalized spacial score (nSPS) is 11.4. The number of hydrogen-bond donors (Lipinski definition) is 1. The summed E-state index contributed by atoms with van der Waals surface area (Å²) in [5.74, 6) is -2.41. The van der Waals surface area contributed by atoms with Crippen LogP contribution < -0.4 is 98.9 Å².